The first kappa shape index (κ1) is 21.8. The minimum Gasteiger partial charge on any atom is -0.455 e. The smallest absolute Gasteiger partial charge is 0.263 e. The van der Waals surface area contributed by atoms with Gasteiger partial charge in [-0.25, -0.2) is 8.42 Å². The number of hydrogen-bond acceptors (Lipinski definition) is 8. The molecule has 0 aliphatic carbocycles. The van der Waals surface area contributed by atoms with Gasteiger partial charge < -0.3 is 4.74 Å². The van der Waals surface area contributed by atoms with Crippen molar-refractivity contribution in [3.63, 3.8) is 0 Å². The number of aryl methyl sites for hydroxylation is 2. The molecule has 0 saturated carbocycles. The molecule has 0 unspecified atom stereocenters. The van der Waals surface area contributed by atoms with Gasteiger partial charge in [0.1, 0.15) is 22.6 Å². The van der Waals surface area contributed by atoms with Crippen LogP contribution in [0.15, 0.2) is 53.6 Å². The zero-order valence-electron chi connectivity index (χ0n) is 16.8. The third kappa shape index (κ3) is 4.43. The summed E-state index contributed by atoms with van der Waals surface area (Å²) in [6, 6.07) is 12.9. The fourth-order valence-electron chi connectivity index (χ4n) is 2.91. The van der Waals surface area contributed by atoms with Crippen molar-refractivity contribution in [3.05, 3.63) is 64.3 Å². The zero-order chi connectivity index (χ0) is 22.9. The molecule has 0 bridgehead atoms. The van der Waals surface area contributed by atoms with Gasteiger partial charge in [-0.15, -0.1) is 10.2 Å². The van der Waals surface area contributed by atoms with E-state index in [2.05, 4.69) is 20.0 Å². The minimum absolute atomic E-state index is 0.0484. The van der Waals surface area contributed by atoms with Gasteiger partial charge in [0.15, 0.2) is 0 Å². The fourth-order valence-corrected chi connectivity index (χ4v) is 4.93. The first-order valence-corrected chi connectivity index (χ1v) is 11.8. The molecule has 2 heterocycles. The molecule has 2 aromatic carbocycles. The Kier molecular flexibility index (Phi) is 5.84. The van der Waals surface area contributed by atoms with Crippen molar-refractivity contribution in [2.24, 2.45) is 7.05 Å². The van der Waals surface area contributed by atoms with Gasteiger partial charge in [0.2, 0.25) is 5.13 Å². The summed E-state index contributed by atoms with van der Waals surface area (Å²) < 4.78 is 35.4. The van der Waals surface area contributed by atoms with Crippen LogP contribution in [0.1, 0.15) is 10.6 Å². The lowest BCUT2D eigenvalue weighted by atomic mass is 10.1. The standard InChI is InChI=1S/C20H15ClN6O3S2/c1-12-24-25-20(31-12)26-32(28,29)15-4-6-18(13(9-15)11-22)30-19-5-3-14(21)10-16(19)17-7-8-23-27(17)2/h3-10H,1-2H3,(H,25,26). The Labute approximate surface area is 192 Å². The molecule has 0 atom stereocenters. The average Bonchev–Trinajstić information content (AvgIpc) is 3.36. The summed E-state index contributed by atoms with van der Waals surface area (Å²) in [6.45, 7) is 1.71. The predicted molar refractivity (Wildman–Crippen MR) is 120 cm³/mol. The third-order valence-corrected chi connectivity index (χ3v) is 6.84. The second-order valence-electron chi connectivity index (χ2n) is 6.58. The molecule has 4 aromatic rings. The number of anilines is 1. The van der Waals surface area contributed by atoms with Gasteiger partial charge in [0, 0.05) is 23.8 Å². The summed E-state index contributed by atoms with van der Waals surface area (Å²) in [5.74, 6) is 0.636. The summed E-state index contributed by atoms with van der Waals surface area (Å²) in [7, 11) is -2.17. The number of rotatable bonds is 6. The highest BCUT2D eigenvalue weighted by Gasteiger charge is 2.20. The van der Waals surface area contributed by atoms with Gasteiger partial charge >= 0.3 is 0 Å². The average molecular weight is 487 g/mol. The molecule has 12 heteroatoms. The van der Waals surface area contributed by atoms with Crippen LogP contribution in [0.5, 0.6) is 11.5 Å². The maximum atomic E-state index is 12.7. The van der Waals surface area contributed by atoms with Crippen molar-refractivity contribution >= 4 is 38.1 Å². The summed E-state index contributed by atoms with van der Waals surface area (Å²) in [6.07, 6.45) is 1.65. The number of halogens is 1. The number of hydrogen-bond donors (Lipinski definition) is 1. The van der Waals surface area contributed by atoms with Gasteiger partial charge in [-0.05, 0) is 49.4 Å². The Morgan fingerprint density at radius 3 is 2.59 bits per heavy atom. The van der Waals surface area contributed by atoms with Crippen molar-refractivity contribution in [1.82, 2.24) is 20.0 Å². The number of benzene rings is 2. The van der Waals surface area contributed by atoms with E-state index in [-0.39, 0.29) is 21.3 Å². The maximum absolute atomic E-state index is 12.7. The molecule has 0 amide bonds. The molecule has 0 aliphatic heterocycles. The normalized spacial score (nSPS) is 11.2. The van der Waals surface area contributed by atoms with Crippen LogP contribution in [0.3, 0.4) is 0 Å². The summed E-state index contributed by atoms with van der Waals surface area (Å²) in [4.78, 5) is -0.0998. The van der Waals surface area contributed by atoms with Crippen molar-refractivity contribution in [2.75, 3.05) is 4.72 Å². The van der Waals surface area contributed by atoms with E-state index in [0.29, 0.717) is 21.3 Å². The summed E-state index contributed by atoms with van der Waals surface area (Å²) in [5, 5.41) is 22.6. The minimum atomic E-state index is -3.95. The van der Waals surface area contributed by atoms with E-state index >= 15 is 0 Å². The lowest BCUT2D eigenvalue weighted by Crippen LogP contribution is -2.13. The van der Waals surface area contributed by atoms with E-state index in [1.165, 1.54) is 18.2 Å². The number of nitrogens with zero attached hydrogens (tertiary/aromatic N) is 5. The van der Waals surface area contributed by atoms with Crippen molar-refractivity contribution < 1.29 is 13.2 Å². The highest BCUT2D eigenvalue weighted by atomic mass is 35.5. The molecule has 0 radical (unpaired) electrons. The van der Waals surface area contributed by atoms with Gasteiger partial charge in [-0.1, -0.05) is 22.9 Å². The molecule has 1 N–H and O–H groups in total. The fraction of sp³-hybridized carbons (Fsp3) is 0.100. The molecule has 162 valence electrons. The Morgan fingerprint density at radius 2 is 1.94 bits per heavy atom. The molecule has 2 aromatic heterocycles. The summed E-state index contributed by atoms with van der Waals surface area (Å²) >= 11 is 7.27. The van der Waals surface area contributed by atoms with Crippen LogP contribution in [-0.4, -0.2) is 28.4 Å². The van der Waals surface area contributed by atoms with Gasteiger partial charge in [-0.2, -0.15) is 10.4 Å². The number of nitrogens with one attached hydrogen (secondary N) is 1. The first-order chi connectivity index (χ1) is 15.3. The van der Waals surface area contributed by atoms with E-state index < -0.39 is 10.0 Å². The van der Waals surface area contributed by atoms with E-state index in [1.807, 2.05) is 6.07 Å². The maximum Gasteiger partial charge on any atom is 0.263 e. The van der Waals surface area contributed by atoms with Crippen LogP contribution in [0.25, 0.3) is 11.3 Å². The molecule has 0 fully saturated rings. The number of ether oxygens (including phenoxy) is 1. The van der Waals surface area contributed by atoms with Crippen molar-refractivity contribution in [1.29, 1.82) is 5.26 Å². The Balaban J connectivity index is 1.68. The van der Waals surface area contributed by atoms with Crippen LogP contribution in [-0.2, 0) is 17.1 Å². The van der Waals surface area contributed by atoms with Crippen LogP contribution in [0, 0.1) is 18.3 Å². The largest absolute Gasteiger partial charge is 0.455 e. The predicted octanol–water partition coefficient (Wildman–Crippen LogP) is 4.37. The lowest BCUT2D eigenvalue weighted by Gasteiger charge is -2.14. The molecule has 9 nitrogen and oxygen atoms in total. The lowest BCUT2D eigenvalue weighted by molar-refractivity contribution is 0.481. The second-order valence-corrected chi connectivity index (χ2v) is 9.88. The molecular formula is C20H15ClN6O3S2. The van der Waals surface area contributed by atoms with E-state index in [1.54, 1.807) is 49.1 Å². The van der Waals surface area contributed by atoms with Gasteiger partial charge in [-0.3, -0.25) is 9.40 Å². The van der Waals surface area contributed by atoms with Crippen LogP contribution >= 0.6 is 22.9 Å². The van der Waals surface area contributed by atoms with Crippen LogP contribution in [0.4, 0.5) is 5.13 Å². The topological polar surface area (TPSA) is 123 Å². The Bertz CT molecular complexity index is 1460. The number of nitriles is 1. The van der Waals surface area contributed by atoms with Gasteiger partial charge in [0.05, 0.1) is 16.2 Å². The van der Waals surface area contributed by atoms with Gasteiger partial charge in [0.25, 0.3) is 10.0 Å². The van der Waals surface area contributed by atoms with Crippen LogP contribution < -0.4 is 9.46 Å². The monoisotopic (exact) mass is 486 g/mol. The summed E-state index contributed by atoms with van der Waals surface area (Å²) in [5.41, 5.74) is 1.48. The van der Waals surface area contributed by atoms with Crippen molar-refractivity contribution in [2.45, 2.75) is 11.8 Å². The second kappa shape index (κ2) is 8.58. The Hall–Kier alpha value is -3.46. The third-order valence-electron chi connectivity index (χ3n) is 4.39. The van der Waals surface area contributed by atoms with E-state index in [4.69, 9.17) is 16.3 Å². The quantitative estimate of drug-likeness (QED) is 0.429. The highest BCUT2D eigenvalue weighted by molar-refractivity contribution is 7.93. The van der Waals surface area contributed by atoms with E-state index in [0.717, 1.165) is 17.0 Å². The zero-order valence-corrected chi connectivity index (χ0v) is 19.2. The number of sulfonamides is 1. The SMILES string of the molecule is Cc1nnc(NS(=O)(=O)c2ccc(Oc3ccc(Cl)cc3-c3ccnn3C)c(C#N)c2)s1. The molecule has 0 spiro atoms. The molecule has 4 rings (SSSR count). The molecule has 0 saturated heterocycles. The first-order valence-electron chi connectivity index (χ1n) is 9.09. The Morgan fingerprint density at radius 1 is 1.16 bits per heavy atom. The number of aromatic nitrogens is 4. The molecular weight excluding hydrogens is 472 g/mol. The van der Waals surface area contributed by atoms with Crippen molar-refractivity contribution in [3.8, 4) is 28.8 Å². The molecule has 32 heavy (non-hydrogen) atoms. The van der Waals surface area contributed by atoms with E-state index in [9.17, 15) is 13.7 Å². The highest BCUT2D eigenvalue weighted by Crippen LogP contribution is 2.36. The molecule has 0 aliphatic rings. The van der Waals surface area contributed by atoms with Crippen LogP contribution in [0.2, 0.25) is 5.02 Å².